The van der Waals surface area contributed by atoms with Crippen LogP contribution in [0.5, 0.6) is 0 Å². The van der Waals surface area contributed by atoms with Crippen LogP contribution in [-0.4, -0.2) is 55.9 Å². The van der Waals surface area contributed by atoms with Crippen LogP contribution in [0, 0.1) is 0 Å². The number of carboxylic acid groups (broad SMARTS) is 1. The second kappa shape index (κ2) is 6.26. The van der Waals surface area contributed by atoms with E-state index in [-0.39, 0.29) is 31.8 Å². The third-order valence-corrected chi connectivity index (χ3v) is 4.56. The van der Waals surface area contributed by atoms with Crippen molar-refractivity contribution in [2.75, 3.05) is 13.1 Å². The molecule has 1 aromatic carbocycles. The Morgan fingerprint density at radius 3 is 2.54 bits per heavy atom. The number of aromatic amines is 1. The van der Waals surface area contributed by atoms with E-state index >= 15 is 0 Å². The lowest BCUT2D eigenvalue weighted by Crippen LogP contribution is -2.50. The fraction of sp³-hybridized carbons (Fsp3) is 0.312. The number of likely N-dealkylation sites (tertiary alicyclic amines) is 1. The molecule has 1 saturated heterocycles. The Bertz CT molecular complexity index is 781. The minimum absolute atomic E-state index is 0.000416. The number of carbonyl (C=O) groups is 2. The van der Waals surface area contributed by atoms with Crippen molar-refractivity contribution in [2.24, 2.45) is 0 Å². The van der Waals surface area contributed by atoms with E-state index in [0.717, 1.165) is 0 Å². The van der Waals surface area contributed by atoms with Crippen molar-refractivity contribution in [1.29, 1.82) is 0 Å². The fourth-order valence-electron chi connectivity index (χ4n) is 2.70. The van der Waals surface area contributed by atoms with Crippen molar-refractivity contribution in [3.8, 4) is 11.3 Å². The predicted molar refractivity (Wildman–Crippen MR) is 86.8 cm³/mol. The van der Waals surface area contributed by atoms with E-state index in [4.69, 9.17) is 16.7 Å². The standard InChI is InChI=1S/C16H16ClN3O4/c17-11-4-2-1-3-10(11)12-9-13(19-18-12)14(21)20-7-5-16(24,6-8-20)15(22)23/h1-4,9,24H,5-8H2,(H,18,19)(H,22,23). The smallest absolute Gasteiger partial charge is 0.335 e. The van der Waals surface area contributed by atoms with Crippen LogP contribution in [0.2, 0.25) is 5.02 Å². The van der Waals surface area contributed by atoms with Gasteiger partial charge in [0.15, 0.2) is 5.60 Å². The maximum Gasteiger partial charge on any atom is 0.335 e. The van der Waals surface area contributed by atoms with Gasteiger partial charge in [0.2, 0.25) is 0 Å². The van der Waals surface area contributed by atoms with Crippen molar-refractivity contribution in [3.63, 3.8) is 0 Å². The van der Waals surface area contributed by atoms with Crippen LogP contribution in [0.3, 0.4) is 0 Å². The Morgan fingerprint density at radius 1 is 1.25 bits per heavy atom. The Morgan fingerprint density at radius 2 is 1.92 bits per heavy atom. The number of nitrogens with one attached hydrogen (secondary N) is 1. The highest BCUT2D eigenvalue weighted by molar-refractivity contribution is 6.33. The molecule has 0 aliphatic carbocycles. The molecular weight excluding hydrogens is 334 g/mol. The van der Waals surface area contributed by atoms with Gasteiger partial charge in [-0.3, -0.25) is 9.89 Å². The molecule has 8 heteroatoms. The monoisotopic (exact) mass is 349 g/mol. The third kappa shape index (κ3) is 3.00. The number of halogens is 1. The molecule has 1 aliphatic rings. The lowest BCUT2D eigenvalue weighted by molar-refractivity contribution is -0.162. The van der Waals surface area contributed by atoms with Gasteiger partial charge in [0, 0.05) is 31.5 Å². The summed E-state index contributed by atoms with van der Waals surface area (Å²) in [5, 5.41) is 26.3. The molecular formula is C16H16ClN3O4. The van der Waals surface area contributed by atoms with Crippen molar-refractivity contribution in [2.45, 2.75) is 18.4 Å². The second-order valence-corrected chi connectivity index (χ2v) is 6.18. The largest absolute Gasteiger partial charge is 0.479 e. The lowest BCUT2D eigenvalue weighted by atomic mass is 9.91. The molecule has 0 radical (unpaired) electrons. The van der Waals surface area contributed by atoms with E-state index in [0.29, 0.717) is 22.0 Å². The number of piperidine rings is 1. The number of amides is 1. The number of carboxylic acids is 1. The number of aliphatic hydroxyl groups is 1. The second-order valence-electron chi connectivity index (χ2n) is 5.78. The van der Waals surface area contributed by atoms with Gasteiger partial charge in [-0.15, -0.1) is 0 Å². The van der Waals surface area contributed by atoms with Crippen molar-refractivity contribution in [1.82, 2.24) is 15.1 Å². The van der Waals surface area contributed by atoms with Gasteiger partial charge in [-0.25, -0.2) is 4.79 Å². The van der Waals surface area contributed by atoms with E-state index in [2.05, 4.69) is 10.2 Å². The van der Waals surface area contributed by atoms with Gasteiger partial charge < -0.3 is 15.1 Å². The Labute approximate surface area is 142 Å². The van der Waals surface area contributed by atoms with Gasteiger partial charge >= 0.3 is 5.97 Å². The first-order valence-corrected chi connectivity index (χ1v) is 7.84. The molecule has 1 aromatic heterocycles. The molecule has 3 rings (SSSR count). The van der Waals surface area contributed by atoms with Gasteiger partial charge in [-0.05, 0) is 12.1 Å². The average molecular weight is 350 g/mol. The molecule has 0 bridgehead atoms. The summed E-state index contributed by atoms with van der Waals surface area (Å²) in [6.07, 6.45) is -0.000831. The van der Waals surface area contributed by atoms with E-state index in [1.165, 1.54) is 4.90 Å². The normalized spacial score (nSPS) is 16.8. The number of aromatic nitrogens is 2. The van der Waals surface area contributed by atoms with Gasteiger partial charge in [0.1, 0.15) is 5.69 Å². The molecule has 1 aliphatic heterocycles. The topological polar surface area (TPSA) is 107 Å². The van der Waals surface area contributed by atoms with Crippen LogP contribution >= 0.6 is 11.6 Å². The molecule has 1 fully saturated rings. The Kier molecular flexibility index (Phi) is 4.29. The quantitative estimate of drug-likeness (QED) is 0.783. The summed E-state index contributed by atoms with van der Waals surface area (Å²) < 4.78 is 0. The van der Waals surface area contributed by atoms with E-state index in [1.807, 2.05) is 12.1 Å². The summed E-state index contributed by atoms with van der Waals surface area (Å²) in [4.78, 5) is 25.0. The molecule has 0 spiro atoms. The summed E-state index contributed by atoms with van der Waals surface area (Å²) in [6, 6.07) is 8.79. The SMILES string of the molecule is O=C(c1cc(-c2ccccc2Cl)n[nH]1)N1CCC(O)(C(=O)O)CC1. The zero-order valence-electron chi connectivity index (χ0n) is 12.7. The highest BCUT2D eigenvalue weighted by Gasteiger charge is 2.40. The summed E-state index contributed by atoms with van der Waals surface area (Å²) in [5.41, 5.74) is -0.185. The molecule has 2 heterocycles. The van der Waals surface area contributed by atoms with Crippen molar-refractivity contribution >= 4 is 23.5 Å². The molecule has 24 heavy (non-hydrogen) atoms. The van der Waals surface area contributed by atoms with Gasteiger partial charge in [-0.2, -0.15) is 5.10 Å². The van der Waals surface area contributed by atoms with Crippen LogP contribution < -0.4 is 0 Å². The van der Waals surface area contributed by atoms with Crippen molar-refractivity contribution in [3.05, 3.63) is 41.0 Å². The van der Waals surface area contributed by atoms with Crippen molar-refractivity contribution < 1.29 is 19.8 Å². The minimum atomic E-state index is -1.76. The van der Waals surface area contributed by atoms with Crippen LogP contribution in [-0.2, 0) is 4.79 Å². The zero-order valence-corrected chi connectivity index (χ0v) is 13.5. The molecule has 1 amide bonds. The summed E-state index contributed by atoms with van der Waals surface area (Å²) in [5.74, 6) is -1.54. The van der Waals surface area contributed by atoms with E-state index in [9.17, 15) is 14.7 Å². The molecule has 3 N–H and O–H groups in total. The third-order valence-electron chi connectivity index (χ3n) is 4.23. The fourth-order valence-corrected chi connectivity index (χ4v) is 2.93. The molecule has 0 unspecified atom stereocenters. The summed E-state index contributed by atoms with van der Waals surface area (Å²) >= 11 is 6.12. The summed E-state index contributed by atoms with van der Waals surface area (Å²) in [7, 11) is 0. The maximum atomic E-state index is 12.5. The number of H-pyrrole nitrogens is 1. The highest BCUT2D eigenvalue weighted by Crippen LogP contribution is 2.27. The number of benzene rings is 1. The van der Waals surface area contributed by atoms with Crippen LogP contribution in [0.25, 0.3) is 11.3 Å². The molecule has 126 valence electrons. The number of hydrogen-bond donors (Lipinski definition) is 3. The van der Waals surface area contributed by atoms with E-state index < -0.39 is 11.6 Å². The molecule has 0 saturated carbocycles. The number of carbonyl (C=O) groups excluding carboxylic acids is 1. The first-order chi connectivity index (χ1) is 11.4. The number of nitrogens with zero attached hydrogens (tertiary/aromatic N) is 2. The number of rotatable bonds is 3. The lowest BCUT2D eigenvalue weighted by Gasteiger charge is -2.35. The van der Waals surface area contributed by atoms with Gasteiger partial charge in [0.25, 0.3) is 5.91 Å². The zero-order chi connectivity index (χ0) is 17.3. The minimum Gasteiger partial charge on any atom is -0.479 e. The summed E-state index contributed by atoms with van der Waals surface area (Å²) in [6.45, 7) is 0.337. The first kappa shape index (κ1) is 16.5. The Hall–Kier alpha value is -2.38. The first-order valence-electron chi connectivity index (χ1n) is 7.46. The highest BCUT2D eigenvalue weighted by atomic mass is 35.5. The van der Waals surface area contributed by atoms with E-state index in [1.54, 1.807) is 18.2 Å². The van der Waals surface area contributed by atoms with Crippen LogP contribution in [0.4, 0.5) is 0 Å². The van der Waals surface area contributed by atoms with Gasteiger partial charge in [0.05, 0.1) is 10.7 Å². The molecule has 0 atom stereocenters. The number of hydrogen-bond acceptors (Lipinski definition) is 4. The average Bonchev–Trinajstić information content (AvgIpc) is 3.05. The van der Waals surface area contributed by atoms with Crippen LogP contribution in [0.15, 0.2) is 30.3 Å². The van der Waals surface area contributed by atoms with Crippen LogP contribution in [0.1, 0.15) is 23.3 Å². The van der Waals surface area contributed by atoms with Gasteiger partial charge in [-0.1, -0.05) is 29.8 Å². The molecule has 2 aromatic rings. The maximum absolute atomic E-state index is 12.5. The number of aliphatic carboxylic acids is 1. The Balaban J connectivity index is 1.74. The molecule has 7 nitrogen and oxygen atoms in total. The predicted octanol–water partition coefficient (Wildman–Crippen LogP) is 1.78.